The van der Waals surface area contributed by atoms with Crippen LogP contribution in [-0.4, -0.2) is 10.1 Å². The van der Waals surface area contributed by atoms with E-state index >= 15 is 0 Å². The van der Waals surface area contributed by atoms with Crippen LogP contribution in [0, 0.1) is 0 Å². The summed E-state index contributed by atoms with van der Waals surface area (Å²) in [6, 6.07) is 22.3. The average molecular weight is 314 g/mol. The van der Waals surface area contributed by atoms with E-state index in [4.69, 9.17) is 4.42 Å². The van der Waals surface area contributed by atoms with E-state index < -0.39 is 0 Å². The number of phenolic OH excluding ortho intramolecular Hbond substituents is 1. The first-order valence-corrected chi connectivity index (χ1v) is 7.58. The highest BCUT2D eigenvalue weighted by atomic mass is 16.3. The molecule has 2 heterocycles. The van der Waals surface area contributed by atoms with Gasteiger partial charge in [0.05, 0.1) is 5.36 Å². The lowest BCUT2D eigenvalue weighted by molar-refractivity contribution is 0.475. The maximum atomic E-state index is 9.81. The number of pyridine rings is 1. The smallest absolute Gasteiger partial charge is 0.152 e. The van der Waals surface area contributed by atoms with E-state index in [9.17, 15) is 5.11 Å². The molecule has 0 fully saturated rings. The molecule has 0 bridgehead atoms. The Morgan fingerprint density at radius 2 is 1.71 bits per heavy atom. The third-order valence-corrected chi connectivity index (χ3v) is 3.67. The number of rotatable bonds is 2. The van der Waals surface area contributed by atoms with E-state index in [0.29, 0.717) is 22.5 Å². The number of aromatic nitrogens is 1. The van der Waals surface area contributed by atoms with E-state index in [-0.39, 0.29) is 5.75 Å². The van der Waals surface area contributed by atoms with Crippen LogP contribution in [0.5, 0.6) is 5.75 Å². The van der Waals surface area contributed by atoms with Crippen molar-refractivity contribution in [1.82, 2.24) is 4.98 Å². The van der Waals surface area contributed by atoms with Crippen molar-refractivity contribution in [3.05, 3.63) is 84.4 Å². The predicted octanol–water partition coefficient (Wildman–Crippen LogP) is 4.43. The first-order valence-electron chi connectivity index (χ1n) is 7.58. The second kappa shape index (κ2) is 6.01. The zero-order valence-electron chi connectivity index (χ0n) is 12.8. The molecule has 0 aliphatic heterocycles. The summed E-state index contributed by atoms with van der Waals surface area (Å²) >= 11 is 0. The third kappa shape index (κ3) is 2.77. The molecule has 1 N–H and O–H groups in total. The van der Waals surface area contributed by atoms with Gasteiger partial charge in [-0.2, -0.15) is 0 Å². The molecule has 4 rings (SSSR count). The van der Waals surface area contributed by atoms with Crippen molar-refractivity contribution >= 4 is 16.8 Å². The van der Waals surface area contributed by atoms with E-state index in [1.54, 1.807) is 24.4 Å². The van der Waals surface area contributed by atoms with Crippen LogP contribution in [0.25, 0.3) is 22.3 Å². The summed E-state index contributed by atoms with van der Waals surface area (Å²) in [4.78, 5) is 8.86. The van der Waals surface area contributed by atoms with Gasteiger partial charge in [0.1, 0.15) is 17.1 Å². The standard InChI is InChI=1S/C20H14N2O2/c23-15-9-10-18-16(12-15)17(22-20-8-4-5-11-21-20)13-19(24-18)14-6-2-1-3-7-14/h1-13,23H/b22-17+. The van der Waals surface area contributed by atoms with E-state index in [1.165, 1.54) is 0 Å². The van der Waals surface area contributed by atoms with Gasteiger partial charge in [0.25, 0.3) is 0 Å². The molecule has 0 unspecified atom stereocenters. The fourth-order valence-corrected chi connectivity index (χ4v) is 2.54. The molecule has 4 nitrogen and oxygen atoms in total. The molecular formula is C20H14N2O2. The molecule has 0 spiro atoms. The van der Waals surface area contributed by atoms with Crippen LogP contribution >= 0.6 is 0 Å². The third-order valence-electron chi connectivity index (χ3n) is 3.67. The second-order valence-corrected chi connectivity index (χ2v) is 5.34. The van der Waals surface area contributed by atoms with Gasteiger partial charge in [0, 0.05) is 23.2 Å². The number of fused-ring (bicyclic) bond motifs is 1. The Balaban J connectivity index is 2.02. The van der Waals surface area contributed by atoms with Crippen molar-refractivity contribution in [3.8, 4) is 17.1 Å². The highest BCUT2D eigenvalue weighted by molar-refractivity contribution is 5.80. The van der Waals surface area contributed by atoms with Crippen molar-refractivity contribution in [1.29, 1.82) is 0 Å². The second-order valence-electron chi connectivity index (χ2n) is 5.34. The predicted molar refractivity (Wildman–Crippen MR) is 92.8 cm³/mol. The number of hydrogen-bond donors (Lipinski definition) is 1. The minimum Gasteiger partial charge on any atom is -0.508 e. The fourth-order valence-electron chi connectivity index (χ4n) is 2.54. The summed E-state index contributed by atoms with van der Waals surface area (Å²) in [5.74, 6) is 1.48. The van der Waals surface area contributed by atoms with Gasteiger partial charge in [-0.1, -0.05) is 36.4 Å². The van der Waals surface area contributed by atoms with Gasteiger partial charge in [-0.15, -0.1) is 0 Å². The van der Waals surface area contributed by atoms with Crippen LogP contribution in [0.15, 0.2) is 88.4 Å². The molecule has 2 aromatic carbocycles. The van der Waals surface area contributed by atoms with Crippen molar-refractivity contribution in [2.24, 2.45) is 4.99 Å². The largest absolute Gasteiger partial charge is 0.508 e. The minimum absolute atomic E-state index is 0.169. The molecular weight excluding hydrogens is 300 g/mol. The van der Waals surface area contributed by atoms with Gasteiger partial charge in [-0.25, -0.2) is 9.98 Å². The van der Waals surface area contributed by atoms with Crippen LogP contribution in [0.3, 0.4) is 0 Å². The molecule has 24 heavy (non-hydrogen) atoms. The summed E-state index contributed by atoms with van der Waals surface area (Å²) in [6.45, 7) is 0. The molecule has 0 aliphatic carbocycles. The number of aromatic hydroxyl groups is 1. The SMILES string of the molecule is Oc1ccc2oc(-c3ccccc3)c/c(=N\c3ccccn3)c2c1. The Labute approximate surface area is 138 Å². The van der Waals surface area contributed by atoms with Gasteiger partial charge in [-0.3, -0.25) is 0 Å². The molecule has 4 aromatic rings. The summed E-state index contributed by atoms with van der Waals surface area (Å²) in [6.07, 6.45) is 1.70. The summed E-state index contributed by atoms with van der Waals surface area (Å²) in [7, 11) is 0. The first kappa shape index (κ1) is 14.2. The van der Waals surface area contributed by atoms with Crippen molar-refractivity contribution in [2.75, 3.05) is 0 Å². The fraction of sp³-hybridized carbons (Fsp3) is 0. The van der Waals surface area contributed by atoms with Gasteiger partial charge in [0.2, 0.25) is 0 Å². The van der Waals surface area contributed by atoms with Crippen LogP contribution in [0.1, 0.15) is 0 Å². The molecule has 0 radical (unpaired) electrons. The maximum absolute atomic E-state index is 9.81. The van der Waals surface area contributed by atoms with Crippen molar-refractivity contribution < 1.29 is 9.52 Å². The number of benzene rings is 2. The summed E-state index contributed by atoms with van der Waals surface area (Å²) in [5.41, 5.74) is 1.62. The molecule has 0 amide bonds. The Kier molecular flexibility index (Phi) is 3.56. The summed E-state index contributed by atoms with van der Waals surface area (Å²) in [5, 5.41) is 11.2. The highest BCUT2D eigenvalue weighted by Crippen LogP contribution is 2.24. The van der Waals surface area contributed by atoms with E-state index in [2.05, 4.69) is 9.98 Å². The van der Waals surface area contributed by atoms with E-state index in [0.717, 1.165) is 10.9 Å². The Morgan fingerprint density at radius 3 is 2.50 bits per heavy atom. The molecule has 2 aromatic heterocycles. The van der Waals surface area contributed by atoms with Crippen molar-refractivity contribution in [3.63, 3.8) is 0 Å². The maximum Gasteiger partial charge on any atom is 0.152 e. The van der Waals surface area contributed by atoms with Crippen LogP contribution in [0.2, 0.25) is 0 Å². The van der Waals surface area contributed by atoms with E-state index in [1.807, 2.05) is 54.6 Å². The minimum atomic E-state index is 0.169. The topological polar surface area (TPSA) is 58.6 Å². The van der Waals surface area contributed by atoms with Crippen LogP contribution in [-0.2, 0) is 0 Å². The average Bonchev–Trinajstić information content (AvgIpc) is 2.63. The Morgan fingerprint density at radius 1 is 0.875 bits per heavy atom. The zero-order chi connectivity index (χ0) is 16.4. The van der Waals surface area contributed by atoms with Gasteiger partial charge in [-0.05, 0) is 30.3 Å². The quantitative estimate of drug-likeness (QED) is 0.595. The number of nitrogens with zero attached hydrogens (tertiary/aromatic N) is 2. The molecule has 116 valence electrons. The lowest BCUT2D eigenvalue weighted by Gasteiger charge is -2.05. The lowest BCUT2D eigenvalue weighted by Crippen LogP contribution is -2.03. The molecule has 4 heteroatoms. The zero-order valence-corrected chi connectivity index (χ0v) is 12.8. The molecule has 0 aliphatic rings. The van der Waals surface area contributed by atoms with Crippen LogP contribution < -0.4 is 5.36 Å². The monoisotopic (exact) mass is 314 g/mol. The van der Waals surface area contributed by atoms with Gasteiger partial charge in [0.15, 0.2) is 5.82 Å². The Hall–Kier alpha value is -3.40. The molecule has 0 atom stereocenters. The number of phenols is 1. The highest BCUT2D eigenvalue weighted by Gasteiger charge is 2.07. The Bertz CT molecular complexity index is 1060. The lowest BCUT2D eigenvalue weighted by atomic mass is 10.1. The van der Waals surface area contributed by atoms with Gasteiger partial charge < -0.3 is 9.52 Å². The van der Waals surface area contributed by atoms with Gasteiger partial charge >= 0.3 is 0 Å². The first-order chi connectivity index (χ1) is 11.8. The van der Waals surface area contributed by atoms with Crippen molar-refractivity contribution in [2.45, 2.75) is 0 Å². The molecule has 0 saturated carbocycles. The molecule has 0 saturated heterocycles. The summed E-state index contributed by atoms with van der Waals surface area (Å²) < 4.78 is 5.99. The van der Waals surface area contributed by atoms with Crippen LogP contribution in [0.4, 0.5) is 5.82 Å². The number of hydrogen-bond acceptors (Lipinski definition) is 4. The normalized spacial score (nSPS) is 11.8.